The summed E-state index contributed by atoms with van der Waals surface area (Å²) in [6, 6.07) is 14.5. The van der Waals surface area contributed by atoms with Crippen molar-refractivity contribution in [1.29, 1.82) is 0 Å². The summed E-state index contributed by atoms with van der Waals surface area (Å²) in [5.41, 5.74) is 3.43. The van der Waals surface area contributed by atoms with E-state index in [0.29, 0.717) is 30.2 Å². The third-order valence-corrected chi connectivity index (χ3v) is 6.45. The minimum absolute atomic E-state index is 0.162. The van der Waals surface area contributed by atoms with E-state index in [1.165, 1.54) is 0 Å². The first-order chi connectivity index (χ1) is 15.0. The molecule has 1 fully saturated rings. The third kappa shape index (κ3) is 5.06. The predicted molar refractivity (Wildman–Crippen MR) is 124 cm³/mol. The summed E-state index contributed by atoms with van der Waals surface area (Å²) in [5, 5.41) is 9.24. The van der Waals surface area contributed by atoms with Gasteiger partial charge in [-0.1, -0.05) is 48.0 Å². The second-order valence-corrected chi connectivity index (χ2v) is 8.76. The monoisotopic (exact) mass is 454 g/mol. The van der Waals surface area contributed by atoms with Crippen LogP contribution in [-0.2, 0) is 11.3 Å². The van der Waals surface area contributed by atoms with E-state index in [0.717, 1.165) is 28.2 Å². The molecule has 1 aliphatic heterocycles. The topological polar surface area (TPSA) is 74.3 Å². The molecular weight excluding hydrogens is 432 g/mol. The molecule has 1 saturated heterocycles. The Morgan fingerprint density at radius 2 is 2.03 bits per heavy atom. The number of likely N-dealkylation sites (tertiary alicyclic amines) is 1. The fourth-order valence-corrected chi connectivity index (χ4v) is 4.59. The van der Waals surface area contributed by atoms with Gasteiger partial charge < -0.3 is 15.5 Å². The number of nitrogens with one attached hydrogen (secondary N) is 2. The zero-order valence-electron chi connectivity index (χ0n) is 17.1. The Morgan fingerprint density at radius 1 is 1.23 bits per heavy atom. The van der Waals surface area contributed by atoms with Crippen LogP contribution in [0.15, 0.2) is 53.9 Å². The van der Waals surface area contributed by atoms with Crippen molar-refractivity contribution >= 4 is 40.6 Å². The van der Waals surface area contributed by atoms with Gasteiger partial charge in [0.05, 0.1) is 12.2 Å². The summed E-state index contributed by atoms with van der Waals surface area (Å²) in [7, 11) is 0. The smallest absolute Gasteiger partial charge is 0.322 e. The lowest BCUT2D eigenvalue weighted by Gasteiger charge is -2.24. The van der Waals surface area contributed by atoms with E-state index in [2.05, 4.69) is 15.6 Å². The number of halogens is 1. The minimum atomic E-state index is -0.494. The highest BCUT2D eigenvalue weighted by Gasteiger charge is 2.34. The highest BCUT2D eigenvalue weighted by molar-refractivity contribution is 7.13. The fourth-order valence-electron chi connectivity index (χ4n) is 3.60. The molecule has 3 aromatic rings. The average Bonchev–Trinajstić information content (AvgIpc) is 3.45. The largest absolute Gasteiger partial charge is 0.349 e. The predicted octanol–water partition coefficient (Wildman–Crippen LogP) is 5.08. The number of aryl methyl sites for hydroxylation is 1. The van der Waals surface area contributed by atoms with Gasteiger partial charge in [-0.25, -0.2) is 9.78 Å². The van der Waals surface area contributed by atoms with Crippen LogP contribution in [0.25, 0.3) is 10.6 Å². The SMILES string of the molecule is Cc1ccc(Cl)cc1NC(=O)N1CCC[C@@H]1C(=O)NCc1csc(-c2ccccc2)n1. The Morgan fingerprint density at radius 3 is 2.84 bits per heavy atom. The van der Waals surface area contributed by atoms with E-state index in [4.69, 9.17) is 11.6 Å². The van der Waals surface area contributed by atoms with E-state index in [9.17, 15) is 9.59 Å². The standard InChI is InChI=1S/C23H23ClN4O2S/c1-15-9-10-17(24)12-19(15)27-23(30)28-11-5-8-20(28)21(29)25-13-18-14-31-22(26-18)16-6-3-2-4-7-16/h2-4,6-7,9-10,12,14,20H,5,8,11,13H2,1H3,(H,25,29)(H,27,30)/t20-/m1/s1. The van der Waals surface area contributed by atoms with Gasteiger partial charge in [0, 0.05) is 28.2 Å². The molecule has 2 aromatic carbocycles. The van der Waals surface area contributed by atoms with Gasteiger partial charge >= 0.3 is 6.03 Å². The third-order valence-electron chi connectivity index (χ3n) is 5.27. The van der Waals surface area contributed by atoms with Crippen molar-refractivity contribution in [2.24, 2.45) is 0 Å². The number of hydrogen-bond acceptors (Lipinski definition) is 4. The first kappa shape index (κ1) is 21.3. The minimum Gasteiger partial charge on any atom is -0.349 e. The van der Waals surface area contributed by atoms with Gasteiger partial charge in [0.2, 0.25) is 5.91 Å². The first-order valence-corrected chi connectivity index (χ1v) is 11.4. The molecule has 0 radical (unpaired) electrons. The molecule has 6 nitrogen and oxygen atoms in total. The normalized spacial score (nSPS) is 15.7. The second-order valence-electron chi connectivity index (χ2n) is 7.47. The lowest BCUT2D eigenvalue weighted by molar-refractivity contribution is -0.124. The second kappa shape index (κ2) is 9.49. The number of carbonyl (C=O) groups excluding carboxylic acids is 2. The van der Waals surface area contributed by atoms with Crippen molar-refractivity contribution in [3.8, 4) is 10.6 Å². The number of benzene rings is 2. The number of rotatable bonds is 5. The molecule has 8 heteroatoms. The molecule has 0 saturated carbocycles. The maximum atomic E-state index is 12.8. The maximum Gasteiger partial charge on any atom is 0.322 e. The van der Waals surface area contributed by atoms with E-state index >= 15 is 0 Å². The van der Waals surface area contributed by atoms with Crippen LogP contribution < -0.4 is 10.6 Å². The molecule has 31 heavy (non-hydrogen) atoms. The summed E-state index contributed by atoms with van der Waals surface area (Å²) in [5.74, 6) is -0.162. The molecule has 1 aliphatic rings. The van der Waals surface area contributed by atoms with Gasteiger partial charge in [0.25, 0.3) is 0 Å². The van der Waals surface area contributed by atoms with Crippen molar-refractivity contribution in [3.05, 3.63) is 70.2 Å². The number of amides is 3. The number of aromatic nitrogens is 1. The van der Waals surface area contributed by atoms with Crippen molar-refractivity contribution in [1.82, 2.24) is 15.2 Å². The van der Waals surface area contributed by atoms with Crippen LogP contribution in [0.4, 0.5) is 10.5 Å². The average molecular weight is 455 g/mol. The molecule has 3 amide bonds. The molecule has 160 valence electrons. The van der Waals surface area contributed by atoms with Gasteiger partial charge in [-0.15, -0.1) is 11.3 Å². The summed E-state index contributed by atoms with van der Waals surface area (Å²) in [4.78, 5) is 31.8. The van der Waals surface area contributed by atoms with Crippen LogP contribution in [0.1, 0.15) is 24.1 Å². The molecule has 4 rings (SSSR count). The Hall–Kier alpha value is -2.90. The molecule has 0 aliphatic carbocycles. The van der Waals surface area contributed by atoms with Crippen LogP contribution in [0.3, 0.4) is 0 Å². The first-order valence-electron chi connectivity index (χ1n) is 10.1. The van der Waals surface area contributed by atoms with Crippen molar-refractivity contribution in [2.75, 3.05) is 11.9 Å². The zero-order chi connectivity index (χ0) is 21.8. The molecule has 2 N–H and O–H groups in total. The lowest BCUT2D eigenvalue weighted by Crippen LogP contribution is -2.47. The number of urea groups is 1. The summed E-state index contributed by atoms with van der Waals surface area (Å²) >= 11 is 7.59. The van der Waals surface area contributed by atoms with Crippen LogP contribution in [0, 0.1) is 6.92 Å². The van der Waals surface area contributed by atoms with Crippen LogP contribution in [-0.4, -0.2) is 34.4 Å². The molecular formula is C23H23ClN4O2S. The number of hydrogen-bond donors (Lipinski definition) is 2. The van der Waals surface area contributed by atoms with E-state index in [-0.39, 0.29) is 11.9 Å². The maximum absolute atomic E-state index is 12.8. The molecule has 2 heterocycles. The number of anilines is 1. The number of nitrogens with zero attached hydrogens (tertiary/aromatic N) is 2. The summed E-state index contributed by atoms with van der Waals surface area (Å²) in [6.45, 7) is 2.78. The molecule has 1 atom stereocenters. The van der Waals surface area contributed by atoms with Crippen molar-refractivity contribution in [2.45, 2.75) is 32.4 Å². The van der Waals surface area contributed by atoms with Gasteiger partial charge in [-0.2, -0.15) is 0 Å². The summed E-state index contributed by atoms with van der Waals surface area (Å²) in [6.07, 6.45) is 1.43. The van der Waals surface area contributed by atoms with Gasteiger partial charge in [0.1, 0.15) is 11.0 Å². The lowest BCUT2D eigenvalue weighted by atomic mass is 10.2. The molecule has 0 unspecified atom stereocenters. The number of thiazole rings is 1. The van der Waals surface area contributed by atoms with E-state index in [1.807, 2.05) is 48.7 Å². The number of carbonyl (C=O) groups is 2. The Balaban J connectivity index is 1.36. The van der Waals surface area contributed by atoms with Crippen molar-refractivity contribution in [3.63, 3.8) is 0 Å². The molecule has 0 bridgehead atoms. The Bertz CT molecular complexity index is 1090. The molecule has 1 aromatic heterocycles. The van der Waals surface area contributed by atoms with Crippen LogP contribution in [0.5, 0.6) is 0 Å². The summed E-state index contributed by atoms with van der Waals surface area (Å²) < 4.78 is 0. The van der Waals surface area contributed by atoms with Crippen LogP contribution >= 0.6 is 22.9 Å². The van der Waals surface area contributed by atoms with Gasteiger partial charge in [-0.3, -0.25) is 4.79 Å². The Labute approximate surface area is 190 Å². The van der Waals surface area contributed by atoms with E-state index < -0.39 is 6.04 Å². The van der Waals surface area contributed by atoms with Crippen LogP contribution in [0.2, 0.25) is 5.02 Å². The fraction of sp³-hybridized carbons (Fsp3) is 0.261. The van der Waals surface area contributed by atoms with Crippen molar-refractivity contribution < 1.29 is 9.59 Å². The highest BCUT2D eigenvalue weighted by Crippen LogP contribution is 2.25. The highest BCUT2D eigenvalue weighted by atomic mass is 35.5. The quantitative estimate of drug-likeness (QED) is 0.564. The van der Waals surface area contributed by atoms with Gasteiger partial charge in [0.15, 0.2) is 0 Å². The Kier molecular flexibility index (Phi) is 6.53. The van der Waals surface area contributed by atoms with E-state index in [1.54, 1.807) is 28.4 Å². The molecule has 0 spiro atoms. The van der Waals surface area contributed by atoms with Gasteiger partial charge in [-0.05, 0) is 37.5 Å². The zero-order valence-corrected chi connectivity index (χ0v) is 18.7.